The van der Waals surface area contributed by atoms with Crippen molar-refractivity contribution in [1.29, 1.82) is 0 Å². The smallest absolute Gasteiger partial charge is 0.299 e. The Morgan fingerprint density at radius 2 is 2.05 bits per heavy atom. The van der Waals surface area contributed by atoms with Gasteiger partial charge >= 0.3 is 0 Å². The molecule has 2 rings (SSSR count). The third-order valence-electron chi connectivity index (χ3n) is 3.23. The molecule has 0 aromatic heterocycles. The minimum Gasteiger partial charge on any atom is -0.304 e. The molecule has 2 amide bonds. The van der Waals surface area contributed by atoms with Crippen LogP contribution < -0.4 is 16.2 Å². The molecule has 1 aromatic rings. The molecular formula is C13H14FN3O3. The van der Waals surface area contributed by atoms with Gasteiger partial charge < -0.3 is 4.90 Å². The van der Waals surface area contributed by atoms with Crippen LogP contribution in [0.25, 0.3) is 0 Å². The number of nitrogens with two attached hydrogens (primary N) is 1. The van der Waals surface area contributed by atoms with E-state index in [1.165, 1.54) is 11.0 Å². The van der Waals surface area contributed by atoms with Crippen LogP contribution in [0.4, 0.5) is 10.1 Å². The summed E-state index contributed by atoms with van der Waals surface area (Å²) in [5, 5.41) is 0. The van der Waals surface area contributed by atoms with E-state index in [1.807, 2.05) is 5.43 Å². The molecule has 7 heteroatoms. The SMILES string of the molecule is CC(C)(CN1C(=O)C(=O)c2cc(F)ccc21)C(=O)NN. The highest BCUT2D eigenvalue weighted by atomic mass is 19.1. The maximum Gasteiger partial charge on any atom is 0.299 e. The van der Waals surface area contributed by atoms with Gasteiger partial charge in [0.1, 0.15) is 5.82 Å². The molecule has 3 N–H and O–H groups in total. The van der Waals surface area contributed by atoms with Crippen LogP contribution in [-0.4, -0.2) is 24.1 Å². The molecule has 20 heavy (non-hydrogen) atoms. The van der Waals surface area contributed by atoms with Crippen molar-refractivity contribution in [2.45, 2.75) is 13.8 Å². The minimum atomic E-state index is -0.985. The van der Waals surface area contributed by atoms with E-state index >= 15 is 0 Å². The van der Waals surface area contributed by atoms with Gasteiger partial charge in [0.2, 0.25) is 5.91 Å². The fraction of sp³-hybridized carbons (Fsp3) is 0.308. The number of halogens is 1. The predicted octanol–water partition coefficient (Wildman–Crippen LogP) is 0.371. The third kappa shape index (κ3) is 2.16. The van der Waals surface area contributed by atoms with Crippen molar-refractivity contribution in [1.82, 2.24) is 5.43 Å². The van der Waals surface area contributed by atoms with E-state index < -0.39 is 28.8 Å². The predicted molar refractivity (Wildman–Crippen MR) is 69.2 cm³/mol. The Morgan fingerprint density at radius 3 is 2.65 bits per heavy atom. The molecule has 0 bridgehead atoms. The Bertz CT molecular complexity index is 613. The average molecular weight is 279 g/mol. The van der Waals surface area contributed by atoms with Crippen LogP contribution in [0.15, 0.2) is 18.2 Å². The maximum atomic E-state index is 13.1. The summed E-state index contributed by atoms with van der Waals surface area (Å²) in [5.74, 6) is 2.48. The monoisotopic (exact) mass is 279 g/mol. The maximum absolute atomic E-state index is 13.1. The van der Waals surface area contributed by atoms with Gasteiger partial charge in [-0.1, -0.05) is 0 Å². The van der Waals surface area contributed by atoms with E-state index in [0.717, 1.165) is 12.1 Å². The fourth-order valence-electron chi connectivity index (χ4n) is 2.09. The number of amides is 2. The number of nitrogens with one attached hydrogen (secondary N) is 1. The van der Waals surface area contributed by atoms with Gasteiger partial charge in [-0.3, -0.25) is 19.8 Å². The Hall–Kier alpha value is -2.28. The number of fused-ring (bicyclic) bond motifs is 1. The molecule has 0 unspecified atom stereocenters. The summed E-state index contributed by atoms with van der Waals surface area (Å²) in [5.41, 5.74) is 1.35. The van der Waals surface area contributed by atoms with Gasteiger partial charge in [0, 0.05) is 6.54 Å². The zero-order valence-electron chi connectivity index (χ0n) is 11.1. The molecule has 0 aliphatic carbocycles. The number of Topliss-reactive ketones (excluding diaryl/α,β-unsaturated/α-hetero) is 1. The number of anilines is 1. The zero-order chi connectivity index (χ0) is 15.1. The van der Waals surface area contributed by atoms with Crippen LogP contribution in [0.2, 0.25) is 0 Å². The zero-order valence-corrected chi connectivity index (χ0v) is 11.1. The lowest BCUT2D eigenvalue weighted by molar-refractivity contribution is -0.129. The summed E-state index contributed by atoms with van der Waals surface area (Å²) >= 11 is 0. The molecule has 0 fully saturated rings. The Balaban J connectivity index is 2.38. The number of carbonyl (C=O) groups excluding carboxylic acids is 3. The number of benzene rings is 1. The molecule has 1 aromatic carbocycles. The number of hydrogen-bond acceptors (Lipinski definition) is 4. The largest absolute Gasteiger partial charge is 0.304 e. The first-order chi connectivity index (χ1) is 9.27. The highest BCUT2D eigenvalue weighted by molar-refractivity contribution is 6.52. The van der Waals surface area contributed by atoms with Crippen molar-refractivity contribution < 1.29 is 18.8 Å². The van der Waals surface area contributed by atoms with Gasteiger partial charge in [-0.15, -0.1) is 0 Å². The first kappa shape index (κ1) is 14.1. The van der Waals surface area contributed by atoms with Crippen LogP contribution in [0.1, 0.15) is 24.2 Å². The van der Waals surface area contributed by atoms with Crippen molar-refractivity contribution in [3.05, 3.63) is 29.6 Å². The standard InChI is InChI=1S/C13H14FN3O3/c1-13(2,12(20)16-15)6-17-9-4-3-7(14)5-8(9)10(18)11(17)19/h3-5H,6,15H2,1-2H3,(H,16,20). The van der Waals surface area contributed by atoms with E-state index in [9.17, 15) is 18.8 Å². The van der Waals surface area contributed by atoms with E-state index in [0.29, 0.717) is 5.69 Å². The Morgan fingerprint density at radius 1 is 1.40 bits per heavy atom. The highest BCUT2D eigenvalue weighted by Gasteiger charge is 2.40. The molecule has 1 aliphatic heterocycles. The fourth-order valence-corrected chi connectivity index (χ4v) is 2.09. The van der Waals surface area contributed by atoms with E-state index in [2.05, 4.69) is 0 Å². The summed E-state index contributed by atoms with van der Waals surface area (Å²) in [7, 11) is 0. The van der Waals surface area contributed by atoms with E-state index in [4.69, 9.17) is 5.84 Å². The molecule has 0 saturated heterocycles. The van der Waals surface area contributed by atoms with Crippen LogP contribution >= 0.6 is 0 Å². The lowest BCUT2D eigenvalue weighted by atomic mass is 9.91. The Labute approximate surface area is 114 Å². The van der Waals surface area contributed by atoms with Crippen LogP contribution in [0.5, 0.6) is 0 Å². The lowest BCUT2D eigenvalue weighted by Gasteiger charge is -2.28. The summed E-state index contributed by atoms with van der Waals surface area (Å²) in [6.45, 7) is 3.15. The molecule has 0 spiro atoms. The van der Waals surface area contributed by atoms with Crippen molar-refractivity contribution in [3.63, 3.8) is 0 Å². The number of hydrogen-bond donors (Lipinski definition) is 2. The molecular weight excluding hydrogens is 265 g/mol. The van der Waals surface area contributed by atoms with Crippen LogP contribution in [0.3, 0.4) is 0 Å². The average Bonchev–Trinajstić information content (AvgIpc) is 2.62. The van der Waals surface area contributed by atoms with E-state index in [-0.39, 0.29) is 12.1 Å². The normalized spacial score (nSPS) is 14.5. The second kappa shape index (κ2) is 4.68. The van der Waals surface area contributed by atoms with Gasteiger partial charge in [-0.25, -0.2) is 10.2 Å². The molecule has 0 saturated carbocycles. The topological polar surface area (TPSA) is 92.5 Å². The number of rotatable bonds is 3. The molecule has 0 atom stereocenters. The number of ketones is 1. The molecule has 106 valence electrons. The number of carbonyl (C=O) groups is 3. The second-order valence-electron chi connectivity index (χ2n) is 5.24. The minimum absolute atomic E-state index is 0.0129. The lowest BCUT2D eigenvalue weighted by Crippen LogP contribution is -2.48. The second-order valence-corrected chi connectivity index (χ2v) is 5.24. The van der Waals surface area contributed by atoms with Gasteiger partial charge in [-0.2, -0.15) is 0 Å². The van der Waals surface area contributed by atoms with Crippen LogP contribution in [0, 0.1) is 11.2 Å². The van der Waals surface area contributed by atoms with Crippen LogP contribution in [-0.2, 0) is 9.59 Å². The molecule has 1 aliphatic rings. The van der Waals surface area contributed by atoms with Crippen molar-refractivity contribution in [2.24, 2.45) is 11.3 Å². The Kier molecular flexibility index (Phi) is 3.31. The summed E-state index contributed by atoms with van der Waals surface area (Å²) in [6, 6.07) is 3.53. The summed E-state index contributed by atoms with van der Waals surface area (Å²) in [4.78, 5) is 36.6. The van der Waals surface area contributed by atoms with Gasteiger partial charge in [0.25, 0.3) is 11.7 Å². The van der Waals surface area contributed by atoms with Crippen molar-refractivity contribution in [3.8, 4) is 0 Å². The number of nitrogens with zero attached hydrogens (tertiary/aromatic N) is 1. The quantitative estimate of drug-likeness (QED) is 0.362. The van der Waals surface area contributed by atoms with Gasteiger partial charge in [-0.05, 0) is 32.0 Å². The first-order valence-electron chi connectivity index (χ1n) is 5.95. The summed E-state index contributed by atoms with van der Waals surface area (Å²) < 4.78 is 13.1. The number of hydrazine groups is 1. The third-order valence-corrected chi connectivity index (χ3v) is 3.23. The van der Waals surface area contributed by atoms with Gasteiger partial charge in [0.15, 0.2) is 0 Å². The van der Waals surface area contributed by atoms with E-state index in [1.54, 1.807) is 13.8 Å². The van der Waals surface area contributed by atoms with Gasteiger partial charge in [0.05, 0.1) is 16.7 Å². The molecule has 0 radical (unpaired) electrons. The molecule has 6 nitrogen and oxygen atoms in total. The van der Waals surface area contributed by atoms with Crippen molar-refractivity contribution in [2.75, 3.05) is 11.4 Å². The first-order valence-corrected chi connectivity index (χ1v) is 5.95. The van der Waals surface area contributed by atoms with Crippen molar-refractivity contribution >= 4 is 23.3 Å². The molecule has 1 heterocycles. The summed E-state index contributed by atoms with van der Waals surface area (Å²) in [6.07, 6.45) is 0. The highest BCUT2D eigenvalue weighted by Crippen LogP contribution is 2.32.